The van der Waals surface area contributed by atoms with Gasteiger partial charge in [-0.2, -0.15) is 0 Å². The smallest absolute Gasteiger partial charge is 0.348 e. The fraction of sp³-hybridized carbons (Fsp3) is 0.188. The van der Waals surface area contributed by atoms with Crippen LogP contribution in [0.3, 0.4) is 0 Å². The maximum Gasteiger partial charge on any atom is 0.348 e. The molecule has 0 atom stereocenters. The summed E-state index contributed by atoms with van der Waals surface area (Å²) in [4.78, 5) is 35.9. The number of esters is 1. The van der Waals surface area contributed by atoms with Crippen molar-refractivity contribution in [1.29, 1.82) is 0 Å². The van der Waals surface area contributed by atoms with E-state index in [0.29, 0.717) is 11.3 Å². The Labute approximate surface area is 142 Å². The van der Waals surface area contributed by atoms with Crippen LogP contribution in [-0.4, -0.2) is 24.5 Å². The van der Waals surface area contributed by atoms with Crippen molar-refractivity contribution in [2.45, 2.75) is 13.8 Å². The van der Waals surface area contributed by atoms with Crippen LogP contribution in [0.5, 0.6) is 0 Å². The lowest BCUT2D eigenvalue weighted by Crippen LogP contribution is -2.21. The van der Waals surface area contributed by atoms with Crippen molar-refractivity contribution in [3.05, 3.63) is 46.3 Å². The summed E-state index contributed by atoms with van der Waals surface area (Å²) in [5, 5.41) is 5.39. The highest BCUT2D eigenvalue weighted by Gasteiger charge is 2.25. The fourth-order valence-corrected chi connectivity index (χ4v) is 3.18. The number of nitrogens with two attached hydrogens (primary N) is 1. The average Bonchev–Trinajstić information content (AvgIpc) is 2.84. The third-order valence-corrected chi connectivity index (χ3v) is 4.30. The quantitative estimate of drug-likeness (QED) is 0.722. The van der Waals surface area contributed by atoms with Gasteiger partial charge in [0.1, 0.15) is 9.88 Å². The first-order valence-electron chi connectivity index (χ1n) is 7.17. The molecule has 0 fully saturated rings. The van der Waals surface area contributed by atoms with Gasteiger partial charge in [0.15, 0.2) is 0 Å². The summed E-state index contributed by atoms with van der Waals surface area (Å²) in [5.41, 5.74) is 6.46. The van der Waals surface area contributed by atoms with E-state index in [1.165, 1.54) is 0 Å². The Morgan fingerprint density at radius 1 is 1.17 bits per heavy atom. The zero-order chi connectivity index (χ0) is 17.7. The summed E-state index contributed by atoms with van der Waals surface area (Å²) in [7, 11) is 0. The molecule has 0 aliphatic carbocycles. The van der Waals surface area contributed by atoms with Crippen LogP contribution in [0.1, 0.15) is 32.5 Å². The minimum absolute atomic E-state index is 0.103. The molecule has 0 bridgehead atoms. The minimum atomic E-state index is -0.727. The van der Waals surface area contributed by atoms with E-state index in [4.69, 9.17) is 10.5 Å². The number of rotatable bonds is 5. The van der Waals surface area contributed by atoms with Crippen LogP contribution < -0.4 is 16.4 Å². The highest BCUT2D eigenvalue weighted by atomic mass is 32.1. The molecule has 24 heavy (non-hydrogen) atoms. The number of hydrogen-bond acceptors (Lipinski definition) is 5. The van der Waals surface area contributed by atoms with E-state index >= 15 is 0 Å². The van der Waals surface area contributed by atoms with Crippen molar-refractivity contribution >= 4 is 39.9 Å². The molecular weight excluding hydrogens is 330 g/mol. The minimum Gasteiger partial charge on any atom is -0.462 e. The van der Waals surface area contributed by atoms with Gasteiger partial charge < -0.3 is 15.8 Å². The highest BCUT2D eigenvalue weighted by Crippen LogP contribution is 2.33. The Balaban J connectivity index is 2.25. The lowest BCUT2D eigenvalue weighted by atomic mass is 10.1. The van der Waals surface area contributed by atoms with Crippen molar-refractivity contribution in [2.24, 2.45) is 5.73 Å². The van der Waals surface area contributed by atoms with Crippen LogP contribution in [0.4, 0.5) is 15.5 Å². The molecule has 4 N–H and O–H groups in total. The number of anilines is 2. The molecule has 126 valence electrons. The average molecular weight is 347 g/mol. The largest absolute Gasteiger partial charge is 0.462 e. The lowest BCUT2D eigenvalue weighted by molar-refractivity contribution is 0.0531. The van der Waals surface area contributed by atoms with Crippen molar-refractivity contribution in [3.63, 3.8) is 0 Å². The molecule has 3 amide bonds. The molecule has 0 saturated heterocycles. The lowest BCUT2D eigenvalue weighted by Gasteiger charge is -2.07. The Kier molecular flexibility index (Phi) is 5.54. The SMILES string of the molecule is CCOC(=O)c1sc(NC(=O)Nc2ccccc2)c(C(N)=O)c1C. The van der Waals surface area contributed by atoms with Gasteiger partial charge in [0.05, 0.1) is 12.2 Å². The molecule has 0 spiro atoms. The van der Waals surface area contributed by atoms with Crippen LogP contribution >= 0.6 is 11.3 Å². The molecule has 1 heterocycles. The van der Waals surface area contributed by atoms with Gasteiger partial charge >= 0.3 is 12.0 Å². The maximum absolute atomic E-state index is 12.1. The molecular formula is C16H17N3O4S. The molecule has 0 aliphatic heterocycles. The van der Waals surface area contributed by atoms with Gasteiger partial charge in [0, 0.05) is 5.69 Å². The van der Waals surface area contributed by atoms with Crippen molar-refractivity contribution in [2.75, 3.05) is 17.2 Å². The van der Waals surface area contributed by atoms with E-state index in [0.717, 1.165) is 11.3 Å². The first kappa shape index (κ1) is 17.5. The van der Waals surface area contributed by atoms with Gasteiger partial charge in [-0.15, -0.1) is 11.3 Å². The second-order valence-corrected chi connectivity index (χ2v) is 5.81. The summed E-state index contributed by atoms with van der Waals surface area (Å²) in [6.07, 6.45) is 0. The van der Waals surface area contributed by atoms with Gasteiger partial charge in [0.2, 0.25) is 0 Å². The molecule has 7 nitrogen and oxygen atoms in total. The number of urea groups is 1. The number of para-hydroxylation sites is 1. The Bertz CT molecular complexity index is 771. The monoisotopic (exact) mass is 347 g/mol. The van der Waals surface area contributed by atoms with Crippen LogP contribution in [-0.2, 0) is 4.74 Å². The Hall–Kier alpha value is -2.87. The van der Waals surface area contributed by atoms with Crippen LogP contribution in [0.15, 0.2) is 30.3 Å². The Morgan fingerprint density at radius 2 is 1.83 bits per heavy atom. The number of primary amides is 1. The van der Waals surface area contributed by atoms with Gasteiger partial charge in [-0.25, -0.2) is 9.59 Å². The highest BCUT2D eigenvalue weighted by molar-refractivity contribution is 7.18. The number of carbonyl (C=O) groups excluding carboxylic acids is 3. The normalized spacial score (nSPS) is 10.1. The summed E-state index contributed by atoms with van der Waals surface area (Å²) >= 11 is 0.954. The molecule has 1 aromatic carbocycles. The second kappa shape index (κ2) is 7.60. The molecule has 0 radical (unpaired) electrons. The number of amides is 3. The Morgan fingerprint density at radius 3 is 2.42 bits per heavy atom. The third-order valence-electron chi connectivity index (χ3n) is 3.11. The topological polar surface area (TPSA) is 111 Å². The molecule has 0 saturated carbocycles. The first-order valence-corrected chi connectivity index (χ1v) is 7.99. The van der Waals surface area contributed by atoms with Crippen molar-refractivity contribution < 1.29 is 19.1 Å². The molecule has 0 unspecified atom stereocenters. The molecule has 2 aromatic rings. The van der Waals surface area contributed by atoms with E-state index in [-0.39, 0.29) is 22.0 Å². The predicted octanol–water partition coefficient (Wildman–Crippen LogP) is 2.98. The zero-order valence-electron chi connectivity index (χ0n) is 13.2. The predicted molar refractivity (Wildman–Crippen MR) is 92.6 cm³/mol. The second-order valence-electron chi connectivity index (χ2n) is 4.79. The van der Waals surface area contributed by atoms with Gasteiger partial charge in [0.25, 0.3) is 5.91 Å². The van der Waals surface area contributed by atoms with Crippen molar-refractivity contribution in [3.8, 4) is 0 Å². The van der Waals surface area contributed by atoms with Crippen LogP contribution in [0.25, 0.3) is 0 Å². The number of carbonyl (C=O) groups is 3. The van der Waals surface area contributed by atoms with Gasteiger partial charge in [-0.05, 0) is 31.5 Å². The van der Waals surface area contributed by atoms with E-state index in [9.17, 15) is 14.4 Å². The summed E-state index contributed by atoms with van der Waals surface area (Å²) < 4.78 is 4.95. The summed E-state index contributed by atoms with van der Waals surface area (Å²) in [6.45, 7) is 3.48. The van der Waals surface area contributed by atoms with E-state index in [2.05, 4.69) is 10.6 Å². The number of hydrogen-bond donors (Lipinski definition) is 3. The van der Waals surface area contributed by atoms with Gasteiger partial charge in [-0.3, -0.25) is 10.1 Å². The molecule has 2 rings (SSSR count). The summed E-state index contributed by atoms with van der Waals surface area (Å²) in [5.74, 6) is -1.28. The maximum atomic E-state index is 12.1. The van der Waals surface area contributed by atoms with Crippen LogP contribution in [0, 0.1) is 6.92 Å². The van der Waals surface area contributed by atoms with E-state index in [1.807, 2.05) is 6.07 Å². The third kappa shape index (κ3) is 3.90. The van der Waals surface area contributed by atoms with E-state index < -0.39 is 17.9 Å². The van der Waals surface area contributed by atoms with Gasteiger partial charge in [-0.1, -0.05) is 18.2 Å². The zero-order valence-corrected chi connectivity index (χ0v) is 14.0. The summed E-state index contributed by atoms with van der Waals surface area (Å²) in [6, 6.07) is 8.27. The molecule has 1 aromatic heterocycles. The number of nitrogens with one attached hydrogen (secondary N) is 2. The number of benzene rings is 1. The molecule has 0 aliphatic rings. The number of thiophene rings is 1. The molecule has 8 heteroatoms. The van der Waals surface area contributed by atoms with Crippen LogP contribution in [0.2, 0.25) is 0 Å². The first-order chi connectivity index (χ1) is 11.4. The fourth-order valence-electron chi connectivity index (χ4n) is 2.08. The standard InChI is InChI=1S/C16H17N3O4S/c1-3-23-15(21)12-9(2)11(13(17)20)14(24-12)19-16(22)18-10-7-5-4-6-8-10/h4-8H,3H2,1-2H3,(H2,17,20)(H2,18,19,22). The van der Waals surface area contributed by atoms with E-state index in [1.54, 1.807) is 38.1 Å². The number of ether oxygens (including phenoxy) is 1. The van der Waals surface area contributed by atoms with Crippen molar-refractivity contribution in [1.82, 2.24) is 0 Å².